The zero-order valence-corrected chi connectivity index (χ0v) is 28.8. The Balaban J connectivity index is 0.000000152. The minimum absolute atomic E-state index is 0. The van der Waals surface area contributed by atoms with Gasteiger partial charge in [-0.25, -0.2) is 0 Å². The molecule has 0 saturated heterocycles. The zero-order chi connectivity index (χ0) is 31.7. The number of nitrogens with zero attached hydrogens (tertiary/aromatic N) is 2. The van der Waals surface area contributed by atoms with Crippen LogP contribution < -0.4 is 0 Å². The van der Waals surface area contributed by atoms with Crippen LogP contribution in [0.2, 0.25) is 0 Å². The Morgan fingerprint density at radius 2 is 1.40 bits per heavy atom. The van der Waals surface area contributed by atoms with E-state index in [0.29, 0.717) is 0 Å². The number of hydrogen-bond acceptors (Lipinski definition) is 4. The van der Waals surface area contributed by atoms with Gasteiger partial charge >= 0.3 is 0 Å². The van der Waals surface area contributed by atoms with Crippen LogP contribution >= 0.6 is 0 Å². The predicted molar refractivity (Wildman–Crippen MR) is 190 cm³/mol. The summed E-state index contributed by atoms with van der Waals surface area (Å²) in [5, 5.41) is 4.47. The molecule has 0 aliphatic heterocycles. The van der Waals surface area contributed by atoms with Crippen molar-refractivity contribution >= 4 is 43.9 Å². The number of rotatable bonds is 4. The molecule has 235 valence electrons. The summed E-state index contributed by atoms with van der Waals surface area (Å²) >= 11 is 0. The topological polar surface area (TPSA) is 52.1 Å². The Hall–Kier alpha value is -5.35. The van der Waals surface area contributed by atoms with Gasteiger partial charge in [0.15, 0.2) is 0 Å². The number of hydrogen-bond donors (Lipinski definition) is 0. The molecule has 0 aliphatic carbocycles. The third kappa shape index (κ3) is 6.18. The molecule has 4 aromatic heterocycles. The molecule has 0 atom stereocenters. The molecule has 0 spiro atoms. The summed E-state index contributed by atoms with van der Waals surface area (Å²) in [5.74, 6) is 0. The third-order valence-electron chi connectivity index (χ3n) is 8.42. The van der Waals surface area contributed by atoms with Crippen LogP contribution in [-0.2, 0) is 26.5 Å². The molecule has 5 heteroatoms. The van der Waals surface area contributed by atoms with Crippen molar-refractivity contribution in [1.82, 2.24) is 9.97 Å². The van der Waals surface area contributed by atoms with Crippen LogP contribution in [0.3, 0.4) is 0 Å². The van der Waals surface area contributed by atoms with Crippen molar-refractivity contribution in [1.29, 1.82) is 0 Å². The fourth-order valence-electron chi connectivity index (χ4n) is 6.04. The Bertz CT molecular complexity index is 2510. The van der Waals surface area contributed by atoms with Crippen LogP contribution in [0.5, 0.6) is 0 Å². The standard InChI is InChI=1S/C24H16NO.C19H14NO.Ir/c1-2-6-17(7-3-1)14-18-12-13-25-22(15-18)19-10-11-24-21(16-19)20-8-4-5-9-23(20)26-24;1-12-6-8-14-15-4-3-5-16(19(15)21-18(14)10-12)17-9-7-13(2)11-20-17;/h1-9,11-13,15-16H,14H2;3-4,6-11H,1-2H3;/q2*-1;. The molecule has 0 unspecified atom stereocenters. The number of aromatic nitrogens is 2. The number of fused-ring (bicyclic) bond motifs is 6. The average molecular weight is 799 g/mol. The van der Waals surface area contributed by atoms with E-state index in [0.717, 1.165) is 78.4 Å². The molecule has 9 rings (SSSR count). The van der Waals surface area contributed by atoms with Crippen LogP contribution in [0.4, 0.5) is 0 Å². The van der Waals surface area contributed by atoms with E-state index in [4.69, 9.17) is 8.83 Å². The maximum atomic E-state index is 6.08. The first kappa shape index (κ1) is 31.3. The van der Waals surface area contributed by atoms with Gasteiger partial charge in [-0.1, -0.05) is 95.2 Å². The second-order valence-corrected chi connectivity index (χ2v) is 11.9. The van der Waals surface area contributed by atoms with E-state index in [1.54, 1.807) is 0 Å². The Morgan fingerprint density at radius 3 is 2.25 bits per heavy atom. The molecular formula is C43H30IrN2O2-2. The predicted octanol–water partition coefficient (Wildman–Crippen LogP) is 11.1. The SMILES string of the molecule is Cc1ccc(-c2[c-]ccc3c2oc2cc(C)ccc23)nc1.[Ir].[c-]1cc2oc3ccccc3c2cc1-c1cc(Cc2ccccc2)ccn1. The largest absolute Gasteiger partial charge is 0.501 e. The van der Waals surface area contributed by atoms with E-state index in [-0.39, 0.29) is 20.1 Å². The van der Waals surface area contributed by atoms with E-state index in [9.17, 15) is 0 Å². The molecular weight excluding hydrogens is 769 g/mol. The Labute approximate surface area is 292 Å². The first-order valence-corrected chi connectivity index (χ1v) is 15.7. The van der Waals surface area contributed by atoms with Crippen molar-refractivity contribution in [3.63, 3.8) is 0 Å². The molecule has 0 amide bonds. The van der Waals surface area contributed by atoms with Crippen LogP contribution in [-0.4, -0.2) is 9.97 Å². The van der Waals surface area contributed by atoms with Crippen molar-refractivity contribution in [2.45, 2.75) is 20.3 Å². The molecule has 1 radical (unpaired) electrons. The van der Waals surface area contributed by atoms with Crippen molar-refractivity contribution in [2.75, 3.05) is 0 Å². The molecule has 0 aliphatic rings. The normalized spacial score (nSPS) is 11.0. The molecule has 4 heterocycles. The van der Waals surface area contributed by atoms with Gasteiger partial charge in [0.1, 0.15) is 11.2 Å². The van der Waals surface area contributed by atoms with Gasteiger partial charge in [-0.05, 0) is 72.1 Å². The summed E-state index contributed by atoms with van der Waals surface area (Å²) in [6.07, 6.45) is 4.64. The minimum Gasteiger partial charge on any atom is -0.501 e. The second kappa shape index (κ2) is 13.4. The molecule has 4 nitrogen and oxygen atoms in total. The number of aryl methyl sites for hydroxylation is 2. The summed E-state index contributed by atoms with van der Waals surface area (Å²) in [6.45, 7) is 4.10. The summed E-state index contributed by atoms with van der Waals surface area (Å²) in [7, 11) is 0. The number of furan rings is 2. The van der Waals surface area contributed by atoms with Crippen LogP contribution in [0.15, 0.2) is 143 Å². The first-order chi connectivity index (χ1) is 23.1. The molecule has 5 aromatic carbocycles. The Morgan fingerprint density at radius 1 is 0.583 bits per heavy atom. The molecule has 9 aromatic rings. The maximum absolute atomic E-state index is 6.08. The molecule has 0 saturated carbocycles. The molecule has 48 heavy (non-hydrogen) atoms. The van der Waals surface area contributed by atoms with Gasteiger partial charge in [0.05, 0.1) is 11.2 Å². The van der Waals surface area contributed by atoms with Gasteiger partial charge < -0.3 is 18.8 Å². The van der Waals surface area contributed by atoms with Gasteiger partial charge in [-0.3, -0.25) is 0 Å². The quantitative estimate of drug-likeness (QED) is 0.166. The van der Waals surface area contributed by atoms with Gasteiger partial charge in [-0.15, -0.1) is 42.0 Å². The number of para-hydroxylation sites is 1. The van der Waals surface area contributed by atoms with Gasteiger partial charge in [0.2, 0.25) is 0 Å². The molecule has 0 bridgehead atoms. The van der Waals surface area contributed by atoms with Crippen molar-refractivity contribution in [3.05, 3.63) is 168 Å². The summed E-state index contributed by atoms with van der Waals surface area (Å²) < 4.78 is 12.0. The average Bonchev–Trinajstić information content (AvgIpc) is 3.67. The number of benzene rings is 5. The third-order valence-corrected chi connectivity index (χ3v) is 8.42. The van der Waals surface area contributed by atoms with Gasteiger partial charge in [0, 0.05) is 43.3 Å². The second-order valence-electron chi connectivity index (χ2n) is 11.9. The summed E-state index contributed by atoms with van der Waals surface area (Å²) in [4.78, 5) is 9.06. The van der Waals surface area contributed by atoms with Crippen molar-refractivity contribution in [3.8, 4) is 22.5 Å². The van der Waals surface area contributed by atoms with E-state index < -0.39 is 0 Å². The van der Waals surface area contributed by atoms with Gasteiger partial charge in [-0.2, -0.15) is 0 Å². The minimum atomic E-state index is 0. The first-order valence-electron chi connectivity index (χ1n) is 15.7. The summed E-state index contributed by atoms with van der Waals surface area (Å²) in [5.41, 5.74) is 12.1. The van der Waals surface area contributed by atoms with Crippen LogP contribution in [0.1, 0.15) is 22.3 Å². The number of pyridine rings is 2. The molecule has 0 N–H and O–H groups in total. The van der Waals surface area contributed by atoms with Crippen molar-refractivity contribution < 1.29 is 28.9 Å². The maximum Gasteiger partial charge on any atom is 0.121 e. The van der Waals surface area contributed by atoms with Gasteiger partial charge in [0.25, 0.3) is 0 Å². The van der Waals surface area contributed by atoms with Crippen LogP contribution in [0, 0.1) is 26.0 Å². The smallest absolute Gasteiger partial charge is 0.121 e. The van der Waals surface area contributed by atoms with E-state index >= 15 is 0 Å². The Kier molecular flexibility index (Phi) is 8.73. The summed E-state index contributed by atoms with van der Waals surface area (Å²) in [6, 6.07) is 47.8. The van der Waals surface area contributed by atoms with Crippen LogP contribution in [0.25, 0.3) is 66.4 Å². The molecule has 0 fully saturated rings. The fourth-order valence-corrected chi connectivity index (χ4v) is 6.04. The zero-order valence-electron chi connectivity index (χ0n) is 26.5. The van der Waals surface area contributed by atoms with E-state index in [1.807, 2.05) is 67.8 Å². The van der Waals surface area contributed by atoms with E-state index in [1.165, 1.54) is 16.7 Å². The fraction of sp³-hybridized carbons (Fsp3) is 0.0698. The monoisotopic (exact) mass is 799 g/mol. The van der Waals surface area contributed by atoms with Crippen molar-refractivity contribution in [2.24, 2.45) is 0 Å². The van der Waals surface area contributed by atoms with E-state index in [2.05, 4.69) is 102 Å².